The number of aryl methyl sites for hydroxylation is 1. The molecular weight excluding hydrogens is 268 g/mol. The van der Waals surface area contributed by atoms with Gasteiger partial charge in [0.05, 0.1) is 18.3 Å². The predicted molar refractivity (Wildman–Crippen MR) is 76.8 cm³/mol. The Morgan fingerprint density at radius 2 is 2.33 bits per heavy atom. The summed E-state index contributed by atoms with van der Waals surface area (Å²) in [6.45, 7) is 2.41. The molecule has 2 aromatic heterocycles. The number of anilines is 1. The maximum absolute atomic E-state index is 12.1. The SMILES string of the molecule is Cc1[nH]ncc1C(=O)Nc1cccc(Cn2cncn2)c1. The van der Waals surface area contributed by atoms with Gasteiger partial charge in [-0.2, -0.15) is 10.2 Å². The van der Waals surface area contributed by atoms with E-state index in [1.54, 1.807) is 11.0 Å². The van der Waals surface area contributed by atoms with Gasteiger partial charge in [-0.25, -0.2) is 9.67 Å². The van der Waals surface area contributed by atoms with Crippen molar-refractivity contribution in [1.82, 2.24) is 25.0 Å². The Hall–Kier alpha value is -2.96. The van der Waals surface area contributed by atoms with E-state index < -0.39 is 0 Å². The predicted octanol–water partition coefficient (Wildman–Crippen LogP) is 1.61. The number of hydrogen-bond acceptors (Lipinski definition) is 4. The van der Waals surface area contributed by atoms with Gasteiger partial charge in [0.25, 0.3) is 5.91 Å². The summed E-state index contributed by atoms with van der Waals surface area (Å²) in [5, 5.41) is 13.5. The van der Waals surface area contributed by atoms with Crippen LogP contribution in [-0.4, -0.2) is 30.9 Å². The van der Waals surface area contributed by atoms with Gasteiger partial charge < -0.3 is 5.32 Å². The Balaban J connectivity index is 1.74. The molecule has 0 aliphatic rings. The van der Waals surface area contributed by atoms with Gasteiger partial charge in [-0.3, -0.25) is 9.89 Å². The second-order valence-corrected chi connectivity index (χ2v) is 4.66. The molecule has 2 N–H and O–H groups in total. The number of aromatic amines is 1. The third kappa shape index (κ3) is 2.97. The van der Waals surface area contributed by atoms with Crippen LogP contribution in [0, 0.1) is 6.92 Å². The van der Waals surface area contributed by atoms with E-state index in [2.05, 4.69) is 25.6 Å². The Morgan fingerprint density at radius 1 is 1.43 bits per heavy atom. The van der Waals surface area contributed by atoms with Crippen LogP contribution in [0.4, 0.5) is 5.69 Å². The van der Waals surface area contributed by atoms with Crippen LogP contribution in [-0.2, 0) is 6.54 Å². The van der Waals surface area contributed by atoms with E-state index in [1.165, 1.54) is 12.5 Å². The summed E-state index contributed by atoms with van der Waals surface area (Å²) in [6, 6.07) is 7.62. The van der Waals surface area contributed by atoms with Crippen molar-refractivity contribution in [2.75, 3.05) is 5.32 Å². The van der Waals surface area contributed by atoms with Crippen molar-refractivity contribution < 1.29 is 4.79 Å². The van der Waals surface area contributed by atoms with Crippen LogP contribution in [0.1, 0.15) is 21.6 Å². The van der Waals surface area contributed by atoms with Crippen LogP contribution in [0.15, 0.2) is 43.1 Å². The number of amides is 1. The van der Waals surface area contributed by atoms with E-state index in [0.717, 1.165) is 16.9 Å². The first kappa shape index (κ1) is 13.0. The molecule has 2 heterocycles. The lowest BCUT2D eigenvalue weighted by Crippen LogP contribution is -2.12. The Kier molecular flexibility index (Phi) is 3.46. The molecule has 0 aliphatic carbocycles. The van der Waals surface area contributed by atoms with Crippen LogP contribution in [0.5, 0.6) is 0 Å². The maximum Gasteiger partial charge on any atom is 0.259 e. The summed E-state index contributed by atoms with van der Waals surface area (Å²) in [4.78, 5) is 16.0. The smallest absolute Gasteiger partial charge is 0.259 e. The first-order valence-corrected chi connectivity index (χ1v) is 6.45. The van der Waals surface area contributed by atoms with Crippen LogP contribution in [0.2, 0.25) is 0 Å². The first-order valence-electron chi connectivity index (χ1n) is 6.45. The van der Waals surface area contributed by atoms with Crippen LogP contribution >= 0.6 is 0 Å². The van der Waals surface area contributed by atoms with E-state index in [9.17, 15) is 4.79 Å². The zero-order chi connectivity index (χ0) is 14.7. The molecule has 0 bridgehead atoms. The van der Waals surface area contributed by atoms with Gasteiger partial charge in [-0.15, -0.1) is 0 Å². The van der Waals surface area contributed by atoms with E-state index in [-0.39, 0.29) is 5.91 Å². The van der Waals surface area contributed by atoms with Crippen molar-refractivity contribution in [2.24, 2.45) is 0 Å². The highest BCUT2D eigenvalue weighted by molar-refractivity contribution is 6.04. The molecule has 21 heavy (non-hydrogen) atoms. The lowest BCUT2D eigenvalue weighted by atomic mass is 10.2. The number of nitrogens with one attached hydrogen (secondary N) is 2. The molecule has 0 unspecified atom stereocenters. The lowest BCUT2D eigenvalue weighted by molar-refractivity contribution is 0.102. The maximum atomic E-state index is 12.1. The normalized spacial score (nSPS) is 10.5. The fraction of sp³-hybridized carbons (Fsp3) is 0.143. The summed E-state index contributed by atoms with van der Waals surface area (Å²) >= 11 is 0. The molecule has 3 rings (SSSR count). The summed E-state index contributed by atoms with van der Waals surface area (Å²) in [5.41, 5.74) is 3.04. The van der Waals surface area contributed by atoms with Gasteiger partial charge in [0.1, 0.15) is 12.7 Å². The minimum atomic E-state index is -0.181. The molecule has 0 spiro atoms. The molecule has 0 saturated carbocycles. The Labute approximate surface area is 121 Å². The third-order valence-electron chi connectivity index (χ3n) is 3.07. The second-order valence-electron chi connectivity index (χ2n) is 4.66. The summed E-state index contributed by atoms with van der Waals surface area (Å²) in [7, 11) is 0. The van der Waals surface area contributed by atoms with Crippen LogP contribution in [0.25, 0.3) is 0 Å². The van der Waals surface area contributed by atoms with Crippen LogP contribution < -0.4 is 5.32 Å². The van der Waals surface area contributed by atoms with Gasteiger partial charge in [-0.1, -0.05) is 12.1 Å². The molecule has 1 aromatic carbocycles. The van der Waals surface area contributed by atoms with Crippen molar-refractivity contribution in [3.05, 3.63) is 59.9 Å². The number of carbonyl (C=O) groups excluding carboxylic acids is 1. The number of benzene rings is 1. The highest BCUT2D eigenvalue weighted by atomic mass is 16.1. The number of H-pyrrole nitrogens is 1. The molecule has 7 heteroatoms. The molecule has 7 nitrogen and oxygen atoms in total. The fourth-order valence-electron chi connectivity index (χ4n) is 2.03. The van der Waals surface area contributed by atoms with Crippen molar-refractivity contribution >= 4 is 11.6 Å². The van der Waals surface area contributed by atoms with Gasteiger partial charge in [0.2, 0.25) is 0 Å². The fourth-order valence-corrected chi connectivity index (χ4v) is 2.03. The lowest BCUT2D eigenvalue weighted by Gasteiger charge is -2.07. The molecule has 0 saturated heterocycles. The highest BCUT2D eigenvalue weighted by Crippen LogP contribution is 2.13. The second kappa shape index (κ2) is 5.58. The first-order chi connectivity index (χ1) is 10.2. The number of nitrogens with zero attached hydrogens (tertiary/aromatic N) is 4. The average molecular weight is 282 g/mol. The topological polar surface area (TPSA) is 88.5 Å². The minimum Gasteiger partial charge on any atom is -0.322 e. The number of rotatable bonds is 4. The van der Waals surface area contributed by atoms with Gasteiger partial charge in [-0.05, 0) is 24.6 Å². The molecule has 0 aliphatic heterocycles. The van der Waals surface area contributed by atoms with E-state index >= 15 is 0 Å². The Bertz CT molecular complexity index is 746. The highest BCUT2D eigenvalue weighted by Gasteiger charge is 2.11. The quantitative estimate of drug-likeness (QED) is 0.761. The van der Waals surface area contributed by atoms with Gasteiger partial charge in [0.15, 0.2) is 0 Å². The third-order valence-corrected chi connectivity index (χ3v) is 3.07. The molecule has 0 radical (unpaired) electrons. The van der Waals surface area contributed by atoms with Crippen molar-refractivity contribution in [1.29, 1.82) is 0 Å². The van der Waals surface area contributed by atoms with Crippen LogP contribution in [0.3, 0.4) is 0 Å². The van der Waals surface area contributed by atoms with Crippen molar-refractivity contribution in [3.63, 3.8) is 0 Å². The summed E-state index contributed by atoms with van der Waals surface area (Å²) < 4.78 is 1.72. The number of carbonyl (C=O) groups is 1. The minimum absolute atomic E-state index is 0.181. The molecular formula is C14H14N6O. The number of aromatic nitrogens is 5. The summed E-state index contributed by atoms with van der Waals surface area (Å²) in [6.07, 6.45) is 4.66. The summed E-state index contributed by atoms with van der Waals surface area (Å²) in [5.74, 6) is -0.181. The van der Waals surface area contributed by atoms with Gasteiger partial charge >= 0.3 is 0 Å². The van der Waals surface area contributed by atoms with Gasteiger partial charge in [0, 0.05) is 11.4 Å². The average Bonchev–Trinajstić information content (AvgIpc) is 3.10. The molecule has 106 valence electrons. The molecule has 1 amide bonds. The Morgan fingerprint density at radius 3 is 3.05 bits per heavy atom. The van der Waals surface area contributed by atoms with Crippen molar-refractivity contribution in [3.8, 4) is 0 Å². The van der Waals surface area contributed by atoms with E-state index in [0.29, 0.717) is 12.1 Å². The van der Waals surface area contributed by atoms with E-state index in [1.807, 2.05) is 31.2 Å². The molecule has 3 aromatic rings. The number of hydrogen-bond donors (Lipinski definition) is 2. The zero-order valence-electron chi connectivity index (χ0n) is 11.4. The monoisotopic (exact) mass is 282 g/mol. The molecule has 0 fully saturated rings. The standard InChI is InChI=1S/C14H14N6O/c1-10-13(6-16-19-10)14(21)18-12-4-2-3-11(5-12)7-20-9-15-8-17-20/h2-6,8-9H,7H2,1H3,(H,16,19)(H,18,21). The van der Waals surface area contributed by atoms with Crippen molar-refractivity contribution in [2.45, 2.75) is 13.5 Å². The van der Waals surface area contributed by atoms with E-state index in [4.69, 9.17) is 0 Å². The largest absolute Gasteiger partial charge is 0.322 e. The molecule has 0 atom stereocenters. The zero-order valence-corrected chi connectivity index (χ0v) is 11.4.